The number of aromatic nitrogens is 3. The van der Waals surface area contributed by atoms with E-state index in [2.05, 4.69) is 32.9 Å². The topological polar surface area (TPSA) is 53.6 Å². The molecule has 1 aromatic carbocycles. The van der Waals surface area contributed by atoms with Crippen molar-refractivity contribution < 1.29 is 0 Å². The van der Waals surface area contributed by atoms with Crippen molar-refractivity contribution in [1.29, 1.82) is 0 Å². The molecule has 1 fully saturated rings. The Bertz CT molecular complexity index is 488. The normalized spacial score (nSPS) is 14.9. The van der Waals surface area contributed by atoms with Crippen molar-refractivity contribution in [3.8, 4) is 11.3 Å². The van der Waals surface area contributed by atoms with Gasteiger partial charge in [-0.15, -0.1) is 0 Å². The van der Waals surface area contributed by atoms with E-state index in [1.165, 1.54) is 19.3 Å². The van der Waals surface area contributed by atoms with E-state index >= 15 is 0 Å². The van der Waals surface area contributed by atoms with Crippen molar-refractivity contribution in [3.05, 3.63) is 36.0 Å². The van der Waals surface area contributed by atoms with Crippen LogP contribution in [0.25, 0.3) is 11.3 Å². The Morgan fingerprint density at radius 2 is 2.00 bits per heavy atom. The Hall–Kier alpha value is -1.68. The van der Waals surface area contributed by atoms with E-state index in [1.54, 1.807) is 0 Å². The molecule has 1 heterocycles. The predicted octanol–water partition coefficient (Wildman–Crippen LogP) is 2.36. The summed E-state index contributed by atoms with van der Waals surface area (Å²) < 4.78 is 0. The van der Waals surface area contributed by atoms with E-state index in [9.17, 15) is 0 Å². The standard InChI is InChI=1S/C14H18N4/c1-2-4-12(5-3-1)14-13(16-18-17-14)10-15-9-8-11-6-7-11/h1-5,11,15H,6-10H2,(H,16,17,18). The van der Waals surface area contributed by atoms with Gasteiger partial charge in [0.05, 0.1) is 0 Å². The molecule has 0 radical (unpaired) electrons. The number of H-pyrrole nitrogens is 1. The molecule has 0 spiro atoms. The molecule has 1 aliphatic carbocycles. The van der Waals surface area contributed by atoms with Gasteiger partial charge in [0.25, 0.3) is 0 Å². The molecule has 18 heavy (non-hydrogen) atoms. The first kappa shape index (κ1) is 11.4. The number of nitrogens with one attached hydrogen (secondary N) is 2. The minimum absolute atomic E-state index is 0.785. The highest BCUT2D eigenvalue weighted by atomic mass is 15.3. The van der Waals surface area contributed by atoms with Gasteiger partial charge in [0, 0.05) is 12.1 Å². The molecule has 0 unspecified atom stereocenters. The molecule has 0 bridgehead atoms. The number of aromatic amines is 1. The molecule has 3 rings (SSSR count). The van der Waals surface area contributed by atoms with Crippen LogP contribution in [0.2, 0.25) is 0 Å². The third-order valence-corrected chi connectivity index (χ3v) is 3.39. The summed E-state index contributed by atoms with van der Waals surface area (Å²) in [5.41, 5.74) is 3.07. The van der Waals surface area contributed by atoms with E-state index < -0.39 is 0 Å². The molecule has 0 saturated heterocycles. The fourth-order valence-corrected chi connectivity index (χ4v) is 2.12. The molecule has 2 N–H and O–H groups in total. The van der Waals surface area contributed by atoms with Crippen LogP contribution in [-0.4, -0.2) is 22.0 Å². The molecule has 4 nitrogen and oxygen atoms in total. The van der Waals surface area contributed by atoms with Crippen LogP contribution in [-0.2, 0) is 6.54 Å². The lowest BCUT2D eigenvalue weighted by Crippen LogP contribution is -2.16. The van der Waals surface area contributed by atoms with Crippen LogP contribution in [0.5, 0.6) is 0 Å². The Kier molecular flexibility index (Phi) is 3.37. The lowest BCUT2D eigenvalue weighted by molar-refractivity contribution is 0.606. The maximum Gasteiger partial charge on any atom is 0.117 e. The highest BCUT2D eigenvalue weighted by Crippen LogP contribution is 2.31. The number of hydrogen-bond donors (Lipinski definition) is 2. The largest absolute Gasteiger partial charge is 0.311 e. The zero-order valence-corrected chi connectivity index (χ0v) is 10.4. The Balaban J connectivity index is 1.60. The molecular formula is C14H18N4. The summed E-state index contributed by atoms with van der Waals surface area (Å²) in [7, 11) is 0. The minimum atomic E-state index is 0.785. The van der Waals surface area contributed by atoms with Gasteiger partial charge in [0.15, 0.2) is 0 Å². The van der Waals surface area contributed by atoms with E-state index in [1.807, 2.05) is 18.2 Å². The smallest absolute Gasteiger partial charge is 0.117 e. The number of nitrogens with zero attached hydrogens (tertiary/aromatic N) is 2. The van der Waals surface area contributed by atoms with Crippen LogP contribution >= 0.6 is 0 Å². The van der Waals surface area contributed by atoms with Crippen LogP contribution < -0.4 is 5.32 Å². The molecule has 0 atom stereocenters. The number of hydrogen-bond acceptors (Lipinski definition) is 3. The van der Waals surface area contributed by atoms with Crippen LogP contribution in [0.3, 0.4) is 0 Å². The van der Waals surface area contributed by atoms with Crippen molar-refractivity contribution in [1.82, 2.24) is 20.7 Å². The summed E-state index contributed by atoms with van der Waals surface area (Å²) in [6.45, 7) is 1.86. The second kappa shape index (κ2) is 5.31. The molecule has 0 amide bonds. The molecule has 94 valence electrons. The maximum absolute atomic E-state index is 4.24. The molecule has 0 aliphatic heterocycles. The molecule has 1 saturated carbocycles. The monoisotopic (exact) mass is 242 g/mol. The van der Waals surface area contributed by atoms with Crippen LogP contribution in [0, 0.1) is 5.92 Å². The van der Waals surface area contributed by atoms with E-state index in [0.717, 1.165) is 36.0 Å². The average molecular weight is 242 g/mol. The van der Waals surface area contributed by atoms with Crippen molar-refractivity contribution in [2.24, 2.45) is 5.92 Å². The van der Waals surface area contributed by atoms with Crippen molar-refractivity contribution in [2.75, 3.05) is 6.54 Å². The summed E-state index contributed by atoms with van der Waals surface area (Å²) in [5, 5.41) is 14.6. The zero-order valence-electron chi connectivity index (χ0n) is 10.4. The number of benzene rings is 1. The molecule has 1 aromatic heterocycles. The molecule has 2 aromatic rings. The van der Waals surface area contributed by atoms with Gasteiger partial charge in [-0.1, -0.05) is 43.2 Å². The van der Waals surface area contributed by atoms with Crippen LogP contribution in [0.15, 0.2) is 30.3 Å². The first-order chi connectivity index (χ1) is 8.93. The summed E-state index contributed by atoms with van der Waals surface area (Å²) in [6, 6.07) is 10.2. The average Bonchev–Trinajstić information content (AvgIpc) is 3.12. The lowest BCUT2D eigenvalue weighted by Gasteiger charge is -2.03. The van der Waals surface area contributed by atoms with E-state index in [-0.39, 0.29) is 0 Å². The third kappa shape index (κ3) is 2.76. The Labute approximate surface area is 107 Å². The van der Waals surface area contributed by atoms with Gasteiger partial charge in [0.2, 0.25) is 0 Å². The van der Waals surface area contributed by atoms with E-state index in [0.29, 0.717) is 0 Å². The van der Waals surface area contributed by atoms with Crippen LogP contribution in [0.4, 0.5) is 0 Å². The number of rotatable bonds is 6. The van der Waals surface area contributed by atoms with Crippen molar-refractivity contribution >= 4 is 0 Å². The fraction of sp³-hybridized carbons (Fsp3) is 0.429. The van der Waals surface area contributed by atoms with Crippen molar-refractivity contribution in [3.63, 3.8) is 0 Å². The molecular weight excluding hydrogens is 224 g/mol. The summed E-state index contributed by atoms with van der Waals surface area (Å²) >= 11 is 0. The van der Waals surface area contributed by atoms with Gasteiger partial charge in [-0.05, 0) is 18.9 Å². The first-order valence-electron chi connectivity index (χ1n) is 6.59. The third-order valence-electron chi connectivity index (χ3n) is 3.39. The second-order valence-corrected chi connectivity index (χ2v) is 4.89. The quantitative estimate of drug-likeness (QED) is 0.765. The van der Waals surface area contributed by atoms with E-state index in [4.69, 9.17) is 0 Å². The highest BCUT2D eigenvalue weighted by molar-refractivity contribution is 5.60. The van der Waals surface area contributed by atoms with Gasteiger partial charge in [-0.3, -0.25) is 0 Å². The highest BCUT2D eigenvalue weighted by Gasteiger charge is 2.20. The maximum atomic E-state index is 4.24. The van der Waals surface area contributed by atoms with Gasteiger partial charge >= 0.3 is 0 Å². The van der Waals surface area contributed by atoms with Crippen molar-refractivity contribution in [2.45, 2.75) is 25.8 Å². The predicted molar refractivity (Wildman–Crippen MR) is 70.9 cm³/mol. The van der Waals surface area contributed by atoms with Gasteiger partial charge in [-0.2, -0.15) is 15.4 Å². The van der Waals surface area contributed by atoms with Gasteiger partial charge < -0.3 is 5.32 Å². The Morgan fingerprint density at radius 3 is 2.78 bits per heavy atom. The zero-order chi connectivity index (χ0) is 12.2. The first-order valence-corrected chi connectivity index (χ1v) is 6.59. The fourth-order valence-electron chi connectivity index (χ4n) is 2.12. The summed E-state index contributed by atoms with van der Waals surface area (Å²) in [5.74, 6) is 0.975. The molecule has 1 aliphatic rings. The SMILES string of the molecule is c1ccc(-c2n[nH]nc2CNCCC2CC2)cc1. The lowest BCUT2D eigenvalue weighted by atomic mass is 10.1. The second-order valence-electron chi connectivity index (χ2n) is 4.89. The summed E-state index contributed by atoms with van der Waals surface area (Å²) in [6.07, 6.45) is 4.13. The van der Waals surface area contributed by atoms with Gasteiger partial charge in [-0.25, -0.2) is 0 Å². The summed E-state index contributed by atoms with van der Waals surface area (Å²) in [4.78, 5) is 0. The molecule has 4 heteroatoms. The Morgan fingerprint density at radius 1 is 1.17 bits per heavy atom. The van der Waals surface area contributed by atoms with Crippen LogP contribution in [0.1, 0.15) is 25.0 Å². The van der Waals surface area contributed by atoms with Gasteiger partial charge in [0.1, 0.15) is 11.4 Å². The minimum Gasteiger partial charge on any atom is -0.311 e.